The third-order valence-electron chi connectivity index (χ3n) is 6.89. The number of nitrogens with zero attached hydrogens (tertiary/aromatic N) is 3. The van der Waals surface area contributed by atoms with Gasteiger partial charge in [0.2, 0.25) is 11.1 Å². The van der Waals surface area contributed by atoms with Gasteiger partial charge >= 0.3 is 0 Å². The maximum Gasteiger partial charge on any atom is 0.235 e. The molecule has 0 saturated carbocycles. The van der Waals surface area contributed by atoms with Crippen LogP contribution >= 0.6 is 23.1 Å². The molecule has 0 bridgehead atoms. The second-order valence-electron chi connectivity index (χ2n) is 9.33. The van der Waals surface area contributed by atoms with Gasteiger partial charge in [0.05, 0.1) is 23.5 Å². The van der Waals surface area contributed by atoms with Crippen LogP contribution < -0.4 is 10.1 Å². The van der Waals surface area contributed by atoms with Crippen LogP contribution in [0.1, 0.15) is 56.5 Å². The van der Waals surface area contributed by atoms with E-state index in [-0.39, 0.29) is 17.1 Å². The highest BCUT2D eigenvalue weighted by atomic mass is 32.2. The number of nitriles is 1. The van der Waals surface area contributed by atoms with Crippen molar-refractivity contribution in [2.24, 2.45) is 11.3 Å². The second-order valence-corrected chi connectivity index (χ2v) is 11.4. The van der Waals surface area contributed by atoms with E-state index in [2.05, 4.69) is 47.3 Å². The van der Waals surface area contributed by atoms with Gasteiger partial charge in [0.1, 0.15) is 16.8 Å². The molecule has 35 heavy (non-hydrogen) atoms. The molecule has 1 amide bonds. The van der Waals surface area contributed by atoms with Gasteiger partial charge in [-0.25, -0.2) is 4.98 Å². The third-order valence-corrected chi connectivity index (χ3v) is 8.90. The Hall–Kier alpha value is -2.83. The molecular weight excluding hydrogens is 478 g/mol. The van der Waals surface area contributed by atoms with Crippen LogP contribution in [0.4, 0.5) is 5.00 Å². The van der Waals surface area contributed by atoms with Crippen molar-refractivity contribution in [3.8, 4) is 23.2 Å². The van der Waals surface area contributed by atoms with Crippen LogP contribution in [0, 0.1) is 22.7 Å². The smallest absolute Gasteiger partial charge is 0.235 e. The topological polar surface area (TPSA) is 104 Å². The van der Waals surface area contributed by atoms with E-state index in [1.807, 2.05) is 31.2 Å². The third kappa shape index (κ3) is 5.54. The Kier molecular flexibility index (Phi) is 7.82. The highest BCUT2D eigenvalue weighted by Gasteiger charge is 2.34. The molecule has 0 aliphatic heterocycles. The number of fused-ring (bicyclic) bond motifs is 1. The van der Waals surface area contributed by atoms with Crippen LogP contribution in [0.3, 0.4) is 0 Å². The van der Waals surface area contributed by atoms with Gasteiger partial charge in [0.25, 0.3) is 0 Å². The minimum absolute atomic E-state index is 0.156. The molecular formula is C26H31N5O2S2. The van der Waals surface area contributed by atoms with Crippen LogP contribution in [-0.2, 0) is 17.6 Å². The lowest BCUT2D eigenvalue weighted by molar-refractivity contribution is -0.113. The molecule has 0 saturated heterocycles. The van der Waals surface area contributed by atoms with Gasteiger partial charge in [0.15, 0.2) is 5.82 Å². The quantitative estimate of drug-likeness (QED) is 0.339. The number of H-pyrrole nitrogens is 1. The lowest BCUT2D eigenvalue weighted by atomic mass is 9.69. The summed E-state index contributed by atoms with van der Waals surface area (Å²) >= 11 is 2.81. The number of hydrogen-bond donors (Lipinski definition) is 2. The Morgan fingerprint density at radius 2 is 2.17 bits per heavy atom. The number of thiophene rings is 1. The number of carbonyl (C=O) groups is 1. The summed E-state index contributed by atoms with van der Waals surface area (Å²) < 4.78 is 5.67. The van der Waals surface area contributed by atoms with E-state index in [9.17, 15) is 10.1 Å². The van der Waals surface area contributed by atoms with Crippen LogP contribution in [0.15, 0.2) is 29.4 Å². The number of benzene rings is 1. The first kappa shape index (κ1) is 25.3. The van der Waals surface area contributed by atoms with Crippen molar-refractivity contribution < 1.29 is 9.53 Å². The Morgan fingerprint density at radius 1 is 1.37 bits per heavy atom. The number of amides is 1. The van der Waals surface area contributed by atoms with Gasteiger partial charge in [-0.05, 0) is 55.2 Å². The summed E-state index contributed by atoms with van der Waals surface area (Å²) in [6.45, 7) is 9.38. The maximum absolute atomic E-state index is 12.7. The number of ether oxygens (including phenoxy) is 1. The summed E-state index contributed by atoms with van der Waals surface area (Å²) in [4.78, 5) is 18.5. The Bertz CT molecular complexity index is 1240. The normalized spacial score (nSPS) is 15.3. The number of aromatic nitrogens is 3. The van der Waals surface area contributed by atoms with Crippen LogP contribution in [-0.4, -0.2) is 33.4 Å². The largest absolute Gasteiger partial charge is 0.493 e. The fraction of sp³-hybridized carbons (Fsp3) is 0.462. The second kappa shape index (κ2) is 10.8. The summed E-state index contributed by atoms with van der Waals surface area (Å²) in [7, 11) is 0. The highest BCUT2D eigenvalue weighted by molar-refractivity contribution is 7.99. The molecule has 0 radical (unpaired) electrons. The summed E-state index contributed by atoms with van der Waals surface area (Å²) in [5, 5.41) is 21.1. The van der Waals surface area contributed by atoms with Crippen molar-refractivity contribution >= 4 is 34.0 Å². The molecule has 184 valence electrons. The van der Waals surface area contributed by atoms with Gasteiger partial charge in [-0.15, -0.1) is 16.4 Å². The minimum Gasteiger partial charge on any atom is -0.493 e. The van der Waals surface area contributed by atoms with Gasteiger partial charge in [-0.3, -0.25) is 9.89 Å². The average Bonchev–Trinajstić information content (AvgIpc) is 3.47. The van der Waals surface area contributed by atoms with Gasteiger partial charge in [0, 0.05) is 4.88 Å². The molecule has 1 atom stereocenters. The first-order chi connectivity index (χ1) is 16.9. The van der Waals surface area contributed by atoms with E-state index in [0.717, 1.165) is 42.6 Å². The molecule has 9 heteroatoms. The number of rotatable bonds is 9. The summed E-state index contributed by atoms with van der Waals surface area (Å²) in [6, 6.07) is 9.97. The van der Waals surface area contributed by atoms with Crippen molar-refractivity contribution in [3.63, 3.8) is 0 Å². The molecule has 2 aromatic heterocycles. The average molecular weight is 510 g/mol. The van der Waals surface area contributed by atoms with E-state index >= 15 is 0 Å². The molecule has 0 spiro atoms. The Balaban J connectivity index is 1.40. The molecule has 0 unspecified atom stereocenters. The van der Waals surface area contributed by atoms with Crippen LogP contribution in [0.25, 0.3) is 11.4 Å². The van der Waals surface area contributed by atoms with E-state index in [1.54, 1.807) is 11.3 Å². The van der Waals surface area contributed by atoms with Gasteiger partial charge < -0.3 is 10.1 Å². The van der Waals surface area contributed by atoms with Crippen molar-refractivity contribution in [1.29, 1.82) is 5.26 Å². The summed E-state index contributed by atoms with van der Waals surface area (Å²) in [6.07, 6.45) is 4.09. The zero-order valence-electron chi connectivity index (χ0n) is 20.6. The summed E-state index contributed by atoms with van der Waals surface area (Å²) in [5.74, 6) is 1.91. The monoisotopic (exact) mass is 509 g/mol. The summed E-state index contributed by atoms with van der Waals surface area (Å²) in [5.41, 5.74) is 2.84. The Morgan fingerprint density at radius 3 is 2.91 bits per heavy atom. The van der Waals surface area contributed by atoms with E-state index in [0.29, 0.717) is 34.1 Å². The zero-order chi connectivity index (χ0) is 25.0. The van der Waals surface area contributed by atoms with E-state index < -0.39 is 0 Å². The fourth-order valence-electron chi connectivity index (χ4n) is 4.42. The number of hydrogen-bond acceptors (Lipinski definition) is 7. The van der Waals surface area contributed by atoms with Crippen molar-refractivity contribution in [2.75, 3.05) is 17.7 Å². The number of anilines is 1. The number of aromatic amines is 1. The number of carbonyl (C=O) groups excluding carboxylic acids is 1. The van der Waals surface area contributed by atoms with Gasteiger partial charge in [-0.2, -0.15) is 5.26 Å². The van der Waals surface area contributed by atoms with Crippen LogP contribution in [0.5, 0.6) is 5.75 Å². The highest BCUT2D eigenvalue weighted by Crippen LogP contribution is 2.45. The van der Waals surface area contributed by atoms with Crippen LogP contribution in [0.2, 0.25) is 0 Å². The van der Waals surface area contributed by atoms with E-state index in [1.165, 1.54) is 16.6 Å². The molecule has 7 nitrogen and oxygen atoms in total. The number of thioether (sulfide) groups is 1. The molecule has 1 aromatic carbocycles. The molecule has 2 N–H and O–H groups in total. The fourth-order valence-corrected chi connectivity index (χ4v) is 6.31. The predicted molar refractivity (Wildman–Crippen MR) is 141 cm³/mol. The zero-order valence-corrected chi connectivity index (χ0v) is 22.2. The van der Waals surface area contributed by atoms with Crippen molar-refractivity contribution in [3.05, 3.63) is 40.3 Å². The maximum atomic E-state index is 12.7. The molecule has 1 aliphatic rings. The molecule has 0 fully saturated rings. The van der Waals surface area contributed by atoms with Crippen molar-refractivity contribution in [1.82, 2.24) is 15.2 Å². The van der Waals surface area contributed by atoms with Crippen molar-refractivity contribution in [2.45, 2.75) is 58.5 Å². The standard InChI is InChI=1S/C26H31N5O2S2/c1-5-26(3,4)16-11-12-17-19(14-27)24(35-21(17)13-16)28-22(32)15-34-25-29-23(30-31-25)18-9-7-8-10-20(18)33-6-2/h7-10,16H,5-6,11-13,15H2,1-4H3,(H,28,32)(H,29,30,31)/t16-/m0/s1. The molecule has 3 aromatic rings. The first-order valence-corrected chi connectivity index (χ1v) is 13.8. The minimum atomic E-state index is -0.170. The lowest BCUT2D eigenvalue weighted by Crippen LogP contribution is -2.28. The molecule has 2 heterocycles. The lowest BCUT2D eigenvalue weighted by Gasteiger charge is -2.36. The Labute approximate surface area is 214 Å². The predicted octanol–water partition coefficient (Wildman–Crippen LogP) is 6.08. The SMILES string of the molecule is CCOc1ccccc1-c1nc(SCC(=O)Nc2sc3c(c2C#N)CC[C@H](C(C)(C)CC)C3)n[nH]1. The first-order valence-electron chi connectivity index (χ1n) is 12.0. The molecule has 1 aliphatic carbocycles. The molecule has 4 rings (SSSR count). The number of para-hydroxylation sites is 1. The van der Waals surface area contributed by atoms with E-state index in [4.69, 9.17) is 4.74 Å². The van der Waals surface area contributed by atoms with Gasteiger partial charge in [-0.1, -0.05) is 51.1 Å². The number of nitrogens with one attached hydrogen (secondary N) is 2.